The van der Waals surface area contributed by atoms with Crippen molar-refractivity contribution < 1.29 is 14.6 Å². The first-order chi connectivity index (χ1) is 14.0. The predicted octanol–water partition coefficient (Wildman–Crippen LogP) is 5.10. The molecule has 0 spiro atoms. The van der Waals surface area contributed by atoms with Crippen molar-refractivity contribution in [3.63, 3.8) is 0 Å². The summed E-state index contributed by atoms with van der Waals surface area (Å²) in [5.41, 5.74) is 3.95. The van der Waals surface area contributed by atoms with Crippen molar-refractivity contribution in [3.05, 3.63) is 92.9 Å². The van der Waals surface area contributed by atoms with Crippen LogP contribution in [0.25, 0.3) is 20.5 Å². The smallest absolute Gasteiger partial charge is 0.335 e. The summed E-state index contributed by atoms with van der Waals surface area (Å²) in [7, 11) is 0. The number of benzene rings is 2. The fraction of sp³-hybridized carbons (Fsp3) is 0.167. The van der Waals surface area contributed by atoms with Crippen LogP contribution in [0, 0.1) is 0 Å². The zero-order chi connectivity index (χ0) is 20.1. The Kier molecular flexibility index (Phi) is 4.14. The van der Waals surface area contributed by atoms with Gasteiger partial charge in [-0.2, -0.15) is 0 Å². The summed E-state index contributed by atoms with van der Waals surface area (Å²) in [5.74, 6) is -0.463. The lowest BCUT2D eigenvalue weighted by Gasteiger charge is -2.25. The Labute approximate surface area is 171 Å². The molecule has 0 bridgehead atoms. The van der Waals surface area contributed by atoms with E-state index in [1.54, 1.807) is 6.07 Å². The third-order valence-electron chi connectivity index (χ3n) is 5.69. The third kappa shape index (κ3) is 2.81. The summed E-state index contributed by atoms with van der Waals surface area (Å²) in [6.45, 7) is 2.07. The SMILES string of the molecule is CC1=C(O)CC2=C(C(=O)OC2)C1c1cccc2c(=O)cc(-c3ccccc3)sc12. The van der Waals surface area contributed by atoms with Gasteiger partial charge in [0.1, 0.15) is 6.61 Å². The highest BCUT2D eigenvalue weighted by Crippen LogP contribution is 2.46. The van der Waals surface area contributed by atoms with E-state index in [-0.39, 0.29) is 23.8 Å². The van der Waals surface area contributed by atoms with Gasteiger partial charge in [-0.05, 0) is 35.3 Å². The number of carbonyl (C=O) groups is 1. The molecule has 1 unspecified atom stereocenters. The topological polar surface area (TPSA) is 63.6 Å². The lowest BCUT2D eigenvalue weighted by Crippen LogP contribution is -2.17. The molecule has 5 rings (SSSR count). The minimum atomic E-state index is -0.404. The van der Waals surface area contributed by atoms with Crippen molar-refractivity contribution in [2.75, 3.05) is 6.61 Å². The minimum absolute atomic E-state index is 0.0516. The highest BCUT2D eigenvalue weighted by molar-refractivity contribution is 7.21. The highest BCUT2D eigenvalue weighted by atomic mass is 32.1. The van der Waals surface area contributed by atoms with E-state index in [9.17, 15) is 14.7 Å². The second kappa shape index (κ2) is 6.71. The van der Waals surface area contributed by atoms with Gasteiger partial charge in [0.05, 0.1) is 11.3 Å². The van der Waals surface area contributed by atoms with Crippen LogP contribution in [0.2, 0.25) is 0 Å². The van der Waals surface area contributed by atoms with Crippen LogP contribution in [0.3, 0.4) is 0 Å². The number of aliphatic hydroxyl groups excluding tert-OH is 1. The first-order valence-electron chi connectivity index (χ1n) is 9.44. The summed E-state index contributed by atoms with van der Waals surface area (Å²) < 4.78 is 6.11. The average Bonchev–Trinajstić information content (AvgIpc) is 3.09. The molecule has 0 saturated heterocycles. The van der Waals surface area contributed by atoms with Crippen molar-refractivity contribution >= 4 is 27.4 Å². The molecule has 1 aliphatic carbocycles. The van der Waals surface area contributed by atoms with E-state index in [0.717, 1.165) is 31.9 Å². The molecule has 2 heterocycles. The Hall–Kier alpha value is -3.18. The Morgan fingerprint density at radius 3 is 2.66 bits per heavy atom. The molecule has 5 heteroatoms. The normalized spacial score (nSPS) is 18.9. The van der Waals surface area contributed by atoms with E-state index in [1.165, 1.54) is 11.3 Å². The van der Waals surface area contributed by atoms with Crippen molar-refractivity contribution in [1.29, 1.82) is 0 Å². The molecule has 1 aromatic heterocycles. The van der Waals surface area contributed by atoms with Crippen LogP contribution in [0.15, 0.2) is 81.9 Å². The molecule has 1 N–H and O–H groups in total. The highest BCUT2D eigenvalue weighted by Gasteiger charge is 2.38. The van der Waals surface area contributed by atoms with Gasteiger partial charge in [-0.1, -0.05) is 42.5 Å². The molecule has 2 aromatic carbocycles. The van der Waals surface area contributed by atoms with E-state index < -0.39 is 5.92 Å². The summed E-state index contributed by atoms with van der Waals surface area (Å²) in [4.78, 5) is 26.3. The fourth-order valence-electron chi connectivity index (χ4n) is 4.21. The maximum Gasteiger partial charge on any atom is 0.335 e. The van der Waals surface area contributed by atoms with Gasteiger partial charge in [-0.15, -0.1) is 11.3 Å². The van der Waals surface area contributed by atoms with Gasteiger partial charge >= 0.3 is 5.97 Å². The zero-order valence-electron chi connectivity index (χ0n) is 15.8. The van der Waals surface area contributed by atoms with Gasteiger partial charge in [0.15, 0.2) is 5.43 Å². The molecule has 3 aromatic rings. The maximum atomic E-state index is 12.9. The first-order valence-corrected chi connectivity index (χ1v) is 10.3. The second-order valence-electron chi connectivity index (χ2n) is 7.40. The lowest BCUT2D eigenvalue weighted by molar-refractivity contribution is -0.136. The predicted molar refractivity (Wildman–Crippen MR) is 114 cm³/mol. The number of hydrogen-bond acceptors (Lipinski definition) is 5. The molecule has 0 saturated carbocycles. The summed E-state index contributed by atoms with van der Waals surface area (Å²) in [6, 6.07) is 17.1. The first kappa shape index (κ1) is 17.9. The van der Waals surface area contributed by atoms with Crippen LogP contribution in [-0.2, 0) is 9.53 Å². The molecule has 0 fully saturated rings. The summed E-state index contributed by atoms with van der Waals surface area (Å²) in [6.07, 6.45) is 0.347. The number of carbonyl (C=O) groups excluding carboxylic acids is 1. The van der Waals surface area contributed by atoms with Gasteiger partial charge in [0, 0.05) is 33.4 Å². The monoisotopic (exact) mass is 402 g/mol. The van der Waals surface area contributed by atoms with Crippen molar-refractivity contribution in [3.8, 4) is 10.4 Å². The quantitative estimate of drug-likeness (QED) is 0.606. The molecular formula is C24H18O4S. The van der Waals surface area contributed by atoms with Crippen LogP contribution < -0.4 is 5.43 Å². The molecule has 29 heavy (non-hydrogen) atoms. The second-order valence-corrected chi connectivity index (χ2v) is 8.45. The Morgan fingerprint density at radius 1 is 1.07 bits per heavy atom. The lowest BCUT2D eigenvalue weighted by atomic mass is 9.78. The van der Waals surface area contributed by atoms with Crippen LogP contribution in [-0.4, -0.2) is 17.7 Å². The molecular weight excluding hydrogens is 384 g/mol. The number of esters is 1. The molecule has 144 valence electrons. The number of ether oxygens (including phenoxy) is 1. The largest absolute Gasteiger partial charge is 0.512 e. The summed E-state index contributed by atoms with van der Waals surface area (Å²) >= 11 is 1.53. The standard InChI is InChI=1S/C24H18O4S/c1-13-18(25)10-15-12-28-24(27)22(15)21(13)17-9-5-8-16-19(26)11-20(29-23(16)17)14-6-3-2-4-7-14/h2-9,11,21,25H,10,12H2,1H3. The van der Waals surface area contributed by atoms with Crippen molar-refractivity contribution in [2.45, 2.75) is 19.3 Å². The number of fused-ring (bicyclic) bond motifs is 1. The minimum Gasteiger partial charge on any atom is -0.512 e. The Morgan fingerprint density at radius 2 is 1.86 bits per heavy atom. The molecule has 4 nitrogen and oxygen atoms in total. The van der Waals surface area contributed by atoms with Gasteiger partial charge in [0.2, 0.25) is 0 Å². The Bertz CT molecular complexity index is 1280. The Balaban J connectivity index is 1.79. The molecule has 2 aliphatic rings. The van der Waals surface area contributed by atoms with Gasteiger partial charge in [0.25, 0.3) is 0 Å². The molecule has 1 aliphatic heterocycles. The van der Waals surface area contributed by atoms with Crippen molar-refractivity contribution in [1.82, 2.24) is 0 Å². The van der Waals surface area contributed by atoms with E-state index in [0.29, 0.717) is 17.4 Å². The number of cyclic esters (lactones) is 1. The zero-order valence-corrected chi connectivity index (χ0v) is 16.6. The van der Waals surface area contributed by atoms with E-state index in [2.05, 4.69) is 0 Å². The van der Waals surface area contributed by atoms with Crippen LogP contribution in [0.4, 0.5) is 0 Å². The van der Waals surface area contributed by atoms with Crippen LogP contribution in [0.1, 0.15) is 24.8 Å². The van der Waals surface area contributed by atoms with E-state index >= 15 is 0 Å². The van der Waals surface area contributed by atoms with E-state index in [1.807, 2.05) is 55.5 Å². The van der Waals surface area contributed by atoms with Crippen molar-refractivity contribution in [2.24, 2.45) is 0 Å². The van der Waals surface area contributed by atoms with E-state index in [4.69, 9.17) is 4.74 Å². The fourth-order valence-corrected chi connectivity index (χ4v) is 5.43. The molecule has 0 radical (unpaired) electrons. The van der Waals surface area contributed by atoms with Gasteiger partial charge in [-0.3, -0.25) is 4.79 Å². The molecule has 1 atom stereocenters. The third-order valence-corrected chi connectivity index (χ3v) is 6.92. The van der Waals surface area contributed by atoms with Gasteiger partial charge < -0.3 is 9.84 Å². The number of allylic oxidation sites excluding steroid dienone is 2. The molecule has 0 amide bonds. The van der Waals surface area contributed by atoms with Crippen LogP contribution >= 0.6 is 11.3 Å². The van der Waals surface area contributed by atoms with Crippen LogP contribution in [0.5, 0.6) is 0 Å². The number of hydrogen-bond donors (Lipinski definition) is 1. The summed E-state index contributed by atoms with van der Waals surface area (Å²) in [5, 5.41) is 11.1. The van der Waals surface area contributed by atoms with Gasteiger partial charge in [-0.25, -0.2) is 4.79 Å². The maximum absolute atomic E-state index is 12.9. The average molecular weight is 402 g/mol. The number of aliphatic hydroxyl groups is 1. The number of rotatable bonds is 2.